The van der Waals surface area contributed by atoms with Gasteiger partial charge in [0.1, 0.15) is 17.3 Å². The van der Waals surface area contributed by atoms with Crippen molar-refractivity contribution in [3.05, 3.63) is 57.9 Å². The third-order valence-corrected chi connectivity index (χ3v) is 5.35. The lowest BCUT2D eigenvalue weighted by atomic mass is 10.2. The van der Waals surface area contributed by atoms with Crippen molar-refractivity contribution in [1.29, 1.82) is 0 Å². The van der Waals surface area contributed by atoms with Crippen molar-refractivity contribution in [3.8, 4) is 17.2 Å². The van der Waals surface area contributed by atoms with E-state index in [-0.39, 0.29) is 17.7 Å². The van der Waals surface area contributed by atoms with E-state index in [9.17, 15) is 4.39 Å². The first-order chi connectivity index (χ1) is 12.0. The molecule has 0 saturated carbocycles. The van der Waals surface area contributed by atoms with Crippen LogP contribution in [0.3, 0.4) is 0 Å². The summed E-state index contributed by atoms with van der Waals surface area (Å²) in [5, 5.41) is 2.07. The van der Waals surface area contributed by atoms with Gasteiger partial charge in [-0.1, -0.05) is 6.07 Å². The van der Waals surface area contributed by atoms with Gasteiger partial charge in [0, 0.05) is 17.5 Å². The lowest BCUT2D eigenvalue weighted by molar-refractivity contribution is 0.252. The minimum atomic E-state index is -0.381. The van der Waals surface area contributed by atoms with Crippen LogP contribution in [0.15, 0.2) is 40.1 Å². The first-order valence-corrected chi connectivity index (χ1v) is 8.91. The molecule has 2 aromatic heterocycles. The zero-order valence-electron chi connectivity index (χ0n) is 14.7. The van der Waals surface area contributed by atoms with E-state index in [1.54, 1.807) is 30.6 Å². The van der Waals surface area contributed by atoms with E-state index in [0.717, 1.165) is 5.69 Å². The number of aromatic nitrogens is 1. The number of methoxy groups -OCH3 is 1. The van der Waals surface area contributed by atoms with Crippen molar-refractivity contribution < 1.29 is 13.5 Å². The van der Waals surface area contributed by atoms with Gasteiger partial charge >= 0.3 is 0 Å². The van der Waals surface area contributed by atoms with Crippen molar-refractivity contribution in [2.75, 3.05) is 14.2 Å². The summed E-state index contributed by atoms with van der Waals surface area (Å²) in [7, 11) is 3.59. The Kier molecular flexibility index (Phi) is 5.20. The normalized spacial score (nSPS) is 12.6. The lowest BCUT2D eigenvalue weighted by Gasteiger charge is -2.22. The molecule has 3 aromatic rings. The molecule has 0 aliphatic carbocycles. The summed E-state index contributed by atoms with van der Waals surface area (Å²) in [6.07, 6.45) is 0. The fraction of sp³-hybridized carbons (Fsp3) is 0.316. The van der Waals surface area contributed by atoms with Gasteiger partial charge in [-0.15, -0.1) is 11.3 Å². The Hall–Kier alpha value is -2.18. The summed E-state index contributed by atoms with van der Waals surface area (Å²) in [5.41, 5.74) is 1.12. The van der Waals surface area contributed by atoms with Gasteiger partial charge in [0.2, 0.25) is 5.89 Å². The summed E-state index contributed by atoms with van der Waals surface area (Å²) in [6.45, 7) is 4.64. The molecule has 2 heterocycles. The molecule has 3 rings (SSSR count). The van der Waals surface area contributed by atoms with Crippen LogP contribution in [0.5, 0.6) is 5.75 Å². The number of hydrogen-bond donors (Lipinski definition) is 0. The second-order valence-electron chi connectivity index (χ2n) is 5.97. The van der Waals surface area contributed by atoms with Crippen LogP contribution in [0.4, 0.5) is 4.39 Å². The molecular weight excluding hydrogens is 339 g/mol. The van der Waals surface area contributed by atoms with Crippen LogP contribution in [0.1, 0.15) is 29.3 Å². The number of thiophene rings is 1. The molecule has 132 valence electrons. The first-order valence-electron chi connectivity index (χ1n) is 8.03. The van der Waals surface area contributed by atoms with Crippen LogP contribution in [0.2, 0.25) is 0 Å². The molecule has 0 aliphatic rings. The lowest BCUT2D eigenvalue weighted by Crippen LogP contribution is -2.21. The van der Waals surface area contributed by atoms with Crippen molar-refractivity contribution in [1.82, 2.24) is 9.88 Å². The van der Waals surface area contributed by atoms with E-state index in [0.29, 0.717) is 23.6 Å². The maximum atomic E-state index is 14.1. The molecule has 0 bridgehead atoms. The molecule has 1 aromatic carbocycles. The summed E-state index contributed by atoms with van der Waals surface area (Å²) in [4.78, 5) is 8.01. The van der Waals surface area contributed by atoms with Crippen LogP contribution in [-0.2, 0) is 6.54 Å². The molecular formula is C19H21FN2O2S. The monoisotopic (exact) mass is 360 g/mol. The minimum Gasteiger partial charge on any atom is -0.497 e. The highest BCUT2D eigenvalue weighted by atomic mass is 32.1. The smallest absolute Gasteiger partial charge is 0.229 e. The Morgan fingerprint density at radius 1 is 1.36 bits per heavy atom. The average Bonchev–Trinajstić information content (AvgIpc) is 3.25. The van der Waals surface area contributed by atoms with Crippen LogP contribution < -0.4 is 4.74 Å². The predicted octanol–water partition coefficient (Wildman–Crippen LogP) is 5.05. The van der Waals surface area contributed by atoms with Gasteiger partial charge in [0.25, 0.3) is 0 Å². The first kappa shape index (κ1) is 17.6. The summed E-state index contributed by atoms with van der Waals surface area (Å²) in [5.74, 6) is 1.16. The van der Waals surface area contributed by atoms with Gasteiger partial charge in [0.05, 0.1) is 18.4 Å². The van der Waals surface area contributed by atoms with Gasteiger partial charge in [-0.25, -0.2) is 9.37 Å². The number of oxazole rings is 1. The van der Waals surface area contributed by atoms with Crippen LogP contribution >= 0.6 is 11.3 Å². The number of hydrogen-bond acceptors (Lipinski definition) is 5. The molecule has 0 aliphatic heterocycles. The second-order valence-corrected chi connectivity index (χ2v) is 6.95. The molecule has 0 radical (unpaired) electrons. The third-order valence-electron chi connectivity index (χ3n) is 4.31. The number of rotatable bonds is 6. The Bertz CT molecular complexity index is 845. The van der Waals surface area contributed by atoms with E-state index in [2.05, 4.69) is 34.3 Å². The Labute approximate surface area is 150 Å². The summed E-state index contributed by atoms with van der Waals surface area (Å²) < 4.78 is 25.0. The molecule has 0 amide bonds. The average molecular weight is 360 g/mol. The highest BCUT2D eigenvalue weighted by molar-refractivity contribution is 7.10. The molecule has 6 heteroatoms. The Morgan fingerprint density at radius 2 is 2.16 bits per heavy atom. The largest absolute Gasteiger partial charge is 0.497 e. The van der Waals surface area contributed by atoms with Gasteiger partial charge in [-0.3, -0.25) is 4.90 Å². The number of nitrogens with zero attached hydrogens (tertiary/aromatic N) is 2. The van der Waals surface area contributed by atoms with Crippen LogP contribution in [0, 0.1) is 12.7 Å². The second kappa shape index (κ2) is 7.37. The van der Waals surface area contributed by atoms with E-state index in [1.807, 2.05) is 14.0 Å². The maximum absolute atomic E-state index is 14.1. The Morgan fingerprint density at radius 3 is 2.84 bits per heavy atom. The zero-order valence-corrected chi connectivity index (χ0v) is 15.6. The molecule has 1 atom stereocenters. The van der Waals surface area contributed by atoms with Gasteiger partial charge < -0.3 is 9.15 Å². The molecule has 4 nitrogen and oxygen atoms in total. The van der Waals surface area contributed by atoms with E-state index in [4.69, 9.17) is 9.15 Å². The van der Waals surface area contributed by atoms with Crippen molar-refractivity contribution >= 4 is 11.3 Å². The Balaban J connectivity index is 1.83. The quantitative estimate of drug-likeness (QED) is 0.616. The highest BCUT2D eigenvalue weighted by Crippen LogP contribution is 2.30. The van der Waals surface area contributed by atoms with Crippen molar-refractivity contribution in [3.63, 3.8) is 0 Å². The molecule has 0 spiro atoms. The van der Waals surface area contributed by atoms with Crippen molar-refractivity contribution in [2.45, 2.75) is 26.4 Å². The summed E-state index contributed by atoms with van der Waals surface area (Å²) in [6, 6.07) is 8.98. The molecule has 1 unspecified atom stereocenters. The van der Waals surface area contributed by atoms with E-state index in [1.165, 1.54) is 10.9 Å². The van der Waals surface area contributed by atoms with Gasteiger partial charge in [-0.05, 0) is 50.5 Å². The SMILES string of the molecule is COc1ccc(F)c(-c2nc(CN(C)C(C)c3cccs3)c(C)o2)c1. The number of aryl methyl sites for hydroxylation is 1. The fourth-order valence-electron chi connectivity index (χ4n) is 2.60. The van der Waals surface area contributed by atoms with Crippen LogP contribution in [-0.4, -0.2) is 24.0 Å². The van der Waals surface area contributed by atoms with E-state index < -0.39 is 0 Å². The number of halogens is 1. The third kappa shape index (κ3) is 3.75. The number of benzene rings is 1. The molecule has 0 saturated heterocycles. The van der Waals surface area contributed by atoms with Crippen molar-refractivity contribution in [2.24, 2.45) is 0 Å². The fourth-order valence-corrected chi connectivity index (χ4v) is 3.45. The topological polar surface area (TPSA) is 38.5 Å². The number of ether oxygens (including phenoxy) is 1. The van der Waals surface area contributed by atoms with E-state index >= 15 is 0 Å². The maximum Gasteiger partial charge on any atom is 0.229 e. The highest BCUT2D eigenvalue weighted by Gasteiger charge is 2.19. The predicted molar refractivity (Wildman–Crippen MR) is 97.4 cm³/mol. The van der Waals surface area contributed by atoms with Gasteiger partial charge in [0.15, 0.2) is 0 Å². The van der Waals surface area contributed by atoms with Crippen LogP contribution in [0.25, 0.3) is 11.5 Å². The van der Waals surface area contributed by atoms with Gasteiger partial charge in [-0.2, -0.15) is 0 Å². The minimum absolute atomic E-state index is 0.271. The zero-order chi connectivity index (χ0) is 18.0. The standard InChI is InChI=1S/C19H21FN2O2S/c1-12(18-6-5-9-25-18)22(3)11-17-13(2)24-19(21-17)15-10-14(23-4)7-8-16(15)20/h5-10,12H,11H2,1-4H3. The molecule has 0 N–H and O–H groups in total. The molecule has 25 heavy (non-hydrogen) atoms. The molecule has 0 fully saturated rings. The summed E-state index contributed by atoms with van der Waals surface area (Å²) >= 11 is 1.73.